The van der Waals surface area contributed by atoms with Gasteiger partial charge in [0, 0.05) is 10.8 Å². The van der Waals surface area contributed by atoms with E-state index in [0.717, 1.165) is 22.1 Å². The number of hydrogen-bond donors (Lipinski definition) is 0. The first-order valence-corrected chi connectivity index (χ1v) is 14.4. The lowest BCUT2D eigenvalue weighted by Gasteiger charge is -2.17. The topological polar surface area (TPSA) is 13.1 Å². The Kier molecular flexibility index (Phi) is 5.58. The maximum atomic E-state index is 6.33. The van der Waals surface area contributed by atoms with E-state index in [9.17, 15) is 0 Å². The van der Waals surface area contributed by atoms with E-state index in [1.54, 1.807) is 0 Å². The van der Waals surface area contributed by atoms with Gasteiger partial charge in [0.15, 0.2) is 0 Å². The van der Waals surface area contributed by atoms with Gasteiger partial charge in [-0.15, -0.1) is 0 Å². The third kappa shape index (κ3) is 3.71. The molecule has 8 aromatic rings. The summed E-state index contributed by atoms with van der Waals surface area (Å²) in [5.74, 6) is 0. The fourth-order valence-corrected chi connectivity index (χ4v) is 6.65. The Morgan fingerprint density at radius 1 is 0.571 bits per heavy atom. The smallest absolute Gasteiger partial charge is 0.136 e. The van der Waals surface area contributed by atoms with Crippen molar-refractivity contribution in [3.8, 4) is 11.1 Å². The van der Waals surface area contributed by atoms with E-state index in [0.29, 0.717) is 0 Å². The molecule has 0 aliphatic rings. The highest BCUT2D eigenvalue weighted by Gasteiger charge is 2.18. The highest BCUT2D eigenvalue weighted by Crippen LogP contribution is 2.43. The van der Waals surface area contributed by atoms with E-state index >= 15 is 0 Å². The summed E-state index contributed by atoms with van der Waals surface area (Å²) < 4.78 is 6.33. The van der Waals surface area contributed by atoms with Crippen molar-refractivity contribution in [3.63, 3.8) is 0 Å². The van der Waals surface area contributed by atoms with E-state index in [2.05, 4.69) is 153 Å². The Morgan fingerprint density at radius 3 is 1.88 bits per heavy atom. The molecule has 7 aromatic carbocycles. The molecule has 0 amide bonds. The molecule has 0 unspecified atom stereocenters. The molecule has 8 rings (SSSR count). The van der Waals surface area contributed by atoms with Crippen molar-refractivity contribution in [1.29, 1.82) is 0 Å². The first-order chi connectivity index (χ1) is 20.7. The molecule has 0 spiro atoms. The molecule has 42 heavy (non-hydrogen) atoms. The van der Waals surface area contributed by atoms with E-state index in [-0.39, 0.29) is 0 Å². The minimum atomic E-state index is 0.907. The predicted octanol–water partition coefficient (Wildman–Crippen LogP) is 10.0. The van der Waals surface area contributed by atoms with Crippen LogP contribution in [-0.2, 0) is 0 Å². The molecule has 0 aliphatic carbocycles. The number of hydrogen-bond acceptors (Lipinski definition) is 1. The van der Waals surface area contributed by atoms with Crippen molar-refractivity contribution in [2.45, 2.75) is 6.92 Å². The van der Waals surface area contributed by atoms with Crippen LogP contribution in [0, 0.1) is 0 Å². The second kappa shape index (κ2) is 9.61. The lowest BCUT2D eigenvalue weighted by atomic mass is 9.85. The number of allylic oxidation sites excluding steroid dienone is 1. The summed E-state index contributed by atoms with van der Waals surface area (Å²) in [5, 5.41) is 12.0. The van der Waals surface area contributed by atoms with Crippen LogP contribution in [0.5, 0.6) is 0 Å². The molecule has 1 aromatic heterocycles. The van der Waals surface area contributed by atoms with E-state index < -0.39 is 0 Å². The fourth-order valence-electron chi connectivity index (χ4n) is 6.65. The van der Waals surface area contributed by atoms with Crippen molar-refractivity contribution in [3.05, 3.63) is 150 Å². The summed E-state index contributed by atoms with van der Waals surface area (Å²) in [4.78, 5) is 0. The average Bonchev–Trinajstić information content (AvgIpc) is 3.42. The van der Waals surface area contributed by atoms with Crippen LogP contribution >= 0.6 is 0 Å². The van der Waals surface area contributed by atoms with Gasteiger partial charge in [-0.2, -0.15) is 0 Å². The molecule has 1 nitrogen and oxygen atoms in total. The third-order valence-electron chi connectivity index (χ3n) is 8.54. The van der Waals surface area contributed by atoms with Gasteiger partial charge in [-0.3, -0.25) is 0 Å². The largest absolute Gasteiger partial charge is 0.456 e. The molecule has 1 heterocycles. The molecule has 0 saturated carbocycles. The number of furan rings is 1. The lowest BCUT2D eigenvalue weighted by Crippen LogP contribution is -2.23. The molecule has 0 atom stereocenters. The van der Waals surface area contributed by atoms with Crippen molar-refractivity contribution < 1.29 is 4.42 Å². The van der Waals surface area contributed by atoms with Gasteiger partial charge >= 0.3 is 0 Å². The van der Waals surface area contributed by atoms with Crippen LogP contribution in [-0.4, -0.2) is 0 Å². The maximum Gasteiger partial charge on any atom is 0.136 e. The maximum absolute atomic E-state index is 6.33. The molecule has 1 heteroatoms. The van der Waals surface area contributed by atoms with Gasteiger partial charge < -0.3 is 4.42 Å². The first-order valence-electron chi connectivity index (χ1n) is 14.4. The summed E-state index contributed by atoms with van der Waals surface area (Å²) in [6, 6.07) is 45.4. The molecular weight excluding hydrogens is 508 g/mol. The Bertz CT molecular complexity index is 2430. The Labute approximate surface area is 244 Å². The predicted molar refractivity (Wildman–Crippen MR) is 181 cm³/mol. The van der Waals surface area contributed by atoms with Crippen molar-refractivity contribution in [2.24, 2.45) is 0 Å². The van der Waals surface area contributed by atoms with Gasteiger partial charge in [-0.25, -0.2) is 0 Å². The van der Waals surface area contributed by atoms with Gasteiger partial charge in [0.25, 0.3) is 0 Å². The molecule has 0 radical (unpaired) electrons. The number of rotatable bonds is 3. The number of fused-ring (bicyclic) bond motifs is 7. The van der Waals surface area contributed by atoms with Gasteiger partial charge in [0.05, 0.1) is 0 Å². The summed E-state index contributed by atoms with van der Waals surface area (Å²) >= 11 is 0. The molecule has 0 aliphatic heterocycles. The lowest BCUT2D eigenvalue weighted by molar-refractivity contribution is 0.669. The molecule has 198 valence electrons. The van der Waals surface area contributed by atoms with Crippen molar-refractivity contribution >= 4 is 72.0 Å². The van der Waals surface area contributed by atoms with Gasteiger partial charge in [-0.1, -0.05) is 122 Å². The average molecular weight is 537 g/mol. The fraction of sp³-hybridized carbons (Fsp3) is 0.0244. The van der Waals surface area contributed by atoms with Crippen LogP contribution in [0.3, 0.4) is 0 Å². The molecule has 0 N–H and O–H groups in total. The van der Waals surface area contributed by atoms with E-state index in [1.807, 2.05) is 0 Å². The SMILES string of the molecule is C=C(/C=c1/cccc/c1=C/C)c1c2ccccc2c(-c2ccc3oc4ccc5ccccc5c4c3c2)c2ccccc12. The zero-order valence-electron chi connectivity index (χ0n) is 23.4. The highest BCUT2D eigenvalue weighted by molar-refractivity contribution is 6.23. The molecule has 0 bridgehead atoms. The highest BCUT2D eigenvalue weighted by atomic mass is 16.3. The summed E-state index contributed by atoms with van der Waals surface area (Å²) in [7, 11) is 0. The Hall–Kier alpha value is -5.40. The number of benzene rings is 7. The van der Waals surface area contributed by atoms with Gasteiger partial charge in [0.2, 0.25) is 0 Å². The normalized spacial score (nSPS) is 12.8. The monoisotopic (exact) mass is 536 g/mol. The quantitative estimate of drug-likeness (QED) is 0.205. The van der Waals surface area contributed by atoms with Crippen LogP contribution in [0.1, 0.15) is 12.5 Å². The summed E-state index contributed by atoms with van der Waals surface area (Å²) in [6.07, 6.45) is 4.37. The second-order valence-corrected chi connectivity index (χ2v) is 10.9. The Balaban J connectivity index is 1.45. The summed E-state index contributed by atoms with van der Waals surface area (Å²) in [5.41, 5.74) is 6.42. The minimum absolute atomic E-state index is 0.907. The van der Waals surface area contributed by atoms with Gasteiger partial charge in [0.1, 0.15) is 11.2 Å². The standard InChI is InChI=1S/C41H28O/c1-3-27-12-4-5-14-29(27)24-26(2)39-32-16-8-10-18-34(32)40(35-19-11-9-17-33(35)39)30-21-22-37-36(25-30)41-31-15-7-6-13-28(31)20-23-38(41)42-37/h3-25H,2H2,1H3/b27-3-,29-24-. The first kappa shape index (κ1) is 24.4. The zero-order valence-corrected chi connectivity index (χ0v) is 23.4. The summed E-state index contributed by atoms with van der Waals surface area (Å²) in [6.45, 7) is 6.69. The van der Waals surface area contributed by atoms with E-state index in [4.69, 9.17) is 4.42 Å². The van der Waals surface area contributed by atoms with Crippen LogP contribution in [0.25, 0.3) is 83.1 Å². The van der Waals surface area contributed by atoms with Crippen LogP contribution < -0.4 is 10.4 Å². The third-order valence-corrected chi connectivity index (χ3v) is 8.54. The van der Waals surface area contributed by atoms with E-state index in [1.165, 1.54) is 64.8 Å². The van der Waals surface area contributed by atoms with Crippen molar-refractivity contribution in [1.82, 2.24) is 0 Å². The zero-order chi connectivity index (χ0) is 28.2. The van der Waals surface area contributed by atoms with Crippen LogP contribution in [0.2, 0.25) is 0 Å². The minimum Gasteiger partial charge on any atom is -0.456 e. The van der Waals surface area contributed by atoms with Crippen LogP contribution in [0.4, 0.5) is 0 Å². The van der Waals surface area contributed by atoms with Crippen LogP contribution in [0.15, 0.2) is 138 Å². The molecule has 0 saturated heterocycles. The van der Waals surface area contributed by atoms with Crippen molar-refractivity contribution in [2.75, 3.05) is 0 Å². The Morgan fingerprint density at radius 2 is 1.17 bits per heavy atom. The van der Waals surface area contributed by atoms with Gasteiger partial charge in [-0.05, 0) is 96.2 Å². The molecular formula is C41H28O. The molecule has 0 fully saturated rings. The second-order valence-electron chi connectivity index (χ2n) is 10.9.